The SMILES string of the molecule is CCCCCCCCCCO.CCCCCCCCO.O=P(O)(O)O. The lowest BCUT2D eigenvalue weighted by atomic mass is 10.1. The molecule has 0 saturated heterocycles. The summed E-state index contributed by atoms with van der Waals surface area (Å²) < 4.78 is 8.88. The molecule has 0 radical (unpaired) electrons. The fourth-order valence-electron chi connectivity index (χ4n) is 2.14. The summed E-state index contributed by atoms with van der Waals surface area (Å²) in [6.45, 7) is 5.19. The molecule has 0 aliphatic heterocycles. The average molecular weight is 387 g/mol. The molecule has 0 unspecified atom stereocenters. The van der Waals surface area contributed by atoms with E-state index in [2.05, 4.69) is 13.8 Å². The van der Waals surface area contributed by atoms with E-state index in [-0.39, 0.29) is 0 Å². The Balaban J connectivity index is -0.000000311. The van der Waals surface area contributed by atoms with Gasteiger partial charge in [0, 0.05) is 13.2 Å². The van der Waals surface area contributed by atoms with E-state index in [9.17, 15) is 0 Å². The van der Waals surface area contributed by atoms with Crippen LogP contribution < -0.4 is 0 Å². The fraction of sp³-hybridized carbons (Fsp3) is 1.00. The lowest BCUT2D eigenvalue weighted by Crippen LogP contribution is -1.83. The summed E-state index contributed by atoms with van der Waals surface area (Å²) in [5.74, 6) is 0. The van der Waals surface area contributed by atoms with Crippen molar-refractivity contribution in [1.82, 2.24) is 0 Å². The fourth-order valence-corrected chi connectivity index (χ4v) is 2.14. The van der Waals surface area contributed by atoms with Crippen molar-refractivity contribution in [2.45, 2.75) is 104 Å². The van der Waals surface area contributed by atoms with Crippen LogP contribution in [0.1, 0.15) is 104 Å². The number of aliphatic hydroxyl groups excluding tert-OH is 2. The van der Waals surface area contributed by atoms with E-state index in [0.29, 0.717) is 13.2 Å². The molecule has 0 aliphatic carbocycles. The maximum absolute atomic E-state index is 8.88. The lowest BCUT2D eigenvalue weighted by Gasteiger charge is -1.98. The van der Waals surface area contributed by atoms with Gasteiger partial charge in [0.1, 0.15) is 0 Å². The second-order valence-corrected chi connectivity index (χ2v) is 7.23. The minimum Gasteiger partial charge on any atom is -0.396 e. The Morgan fingerprint density at radius 1 is 0.520 bits per heavy atom. The Morgan fingerprint density at radius 2 is 0.720 bits per heavy atom. The molecule has 5 N–H and O–H groups in total. The van der Waals surface area contributed by atoms with Crippen LogP contribution in [0.4, 0.5) is 0 Å². The molecule has 0 saturated carbocycles. The third-order valence-corrected chi connectivity index (χ3v) is 3.52. The van der Waals surface area contributed by atoms with Crippen LogP contribution in [0.2, 0.25) is 0 Å². The number of phosphoric acid groups is 1. The highest BCUT2D eigenvalue weighted by Crippen LogP contribution is 2.25. The van der Waals surface area contributed by atoms with Gasteiger partial charge in [-0.3, -0.25) is 0 Å². The first kappa shape index (κ1) is 29.8. The van der Waals surface area contributed by atoms with E-state index < -0.39 is 7.82 Å². The maximum atomic E-state index is 8.88. The van der Waals surface area contributed by atoms with Gasteiger partial charge in [-0.25, -0.2) is 4.57 Å². The summed E-state index contributed by atoms with van der Waals surface area (Å²) in [6.07, 6.45) is 17.9. The minimum absolute atomic E-state index is 0.367. The normalized spacial score (nSPS) is 10.5. The van der Waals surface area contributed by atoms with Crippen LogP contribution in [-0.4, -0.2) is 38.1 Å². The number of hydrogen-bond acceptors (Lipinski definition) is 3. The molecule has 0 aromatic carbocycles. The van der Waals surface area contributed by atoms with Crippen molar-refractivity contribution in [3.8, 4) is 0 Å². The van der Waals surface area contributed by atoms with Gasteiger partial charge in [-0.1, -0.05) is 90.9 Å². The zero-order valence-corrected chi connectivity index (χ0v) is 17.3. The summed E-state index contributed by atoms with van der Waals surface area (Å²) in [6, 6.07) is 0. The molecule has 25 heavy (non-hydrogen) atoms. The summed E-state index contributed by atoms with van der Waals surface area (Å²) in [7, 11) is -4.64. The minimum atomic E-state index is -4.64. The van der Waals surface area contributed by atoms with Crippen molar-refractivity contribution >= 4 is 7.82 Å². The Bertz CT molecular complexity index is 236. The molecule has 0 spiro atoms. The van der Waals surface area contributed by atoms with E-state index in [1.165, 1.54) is 77.0 Å². The molecule has 0 aromatic rings. The number of rotatable bonds is 14. The first-order valence-electron chi connectivity index (χ1n) is 9.83. The van der Waals surface area contributed by atoms with Crippen molar-refractivity contribution in [3.63, 3.8) is 0 Å². The van der Waals surface area contributed by atoms with E-state index >= 15 is 0 Å². The molecule has 0 atom stereocenters. The quantitative estimate of drug-likeness (QED) is 0.221. The molecule has 156 valence electrons. The second kappa shape index (κ2) is 26.3. The largest absolute Gasteiger partial charge is 0.466 e. The van der Waals surface area contributed by atoms with E-state index in [0.717, 1.165) is 12.8 Å². The van der Waals surface area contributed by atoms with Crippen molar-refractivity contribution in [1.29, 1.82) is 0 Å². The predicted octanol–water partition coefficient (Wildman–Crippen LogP) is 4.53. The lowest BCUT2D eigenvalue weighted by molar-refractivity contribution is 0.275. The molecule has 0 amide bonds. The highest BCUT2D eigenvalue weighted by molar-refractivity contribution is 7.45. The highest BCUT2D eigenvalue weighted by Gasteiger charge is 2.00. The maximum Gasteiger partial charge on any atom is 0.466 e. The molecule has 6 nitrogen and oxygen atoms in total. The van der Waals surface area contributed by atoms with Gasteiger partial charge in [0.15, 0.2) is 0 Å². The summed E-state index contributed by atoms with van der Waals surface area (Å²) in [5, 5.41) is 16.9. The van der Waals surface area contributed by atoms with E-state index in [1.54, 1.807) is 0 Å². The summed E-state index contributed by atoms with van der Waals surface area (Å²) in [5.41, 5.74) is 0. The summed E-state index contributed by atoms with van der Waals surface area (Å²) in [4.78, 5) is 21.6. The molecule has 0 aliphatic rings. The van der Waals surface area contributed by atoms with Crippen molar-refractivity contribution in [2.75, 3.05) is 13.2 Å². The van der Waals surface area contributed by atoms with Crippen LogP contribution in [0.5, 0.6) is 0 Å². The Hall–Kier alpha value is 0.0300. The van der Waals surface area contributed by atoms with Gasteiger partial charge in [0.2, 0.25) is 0 Å². The van der Waals surface area contributed by atoms with Gasteiger partial charge in [0.25, 0.3) is 0 Å². The number of aliphatic hydroxyl groups is 2. The molecule has 0 fully saturated rings. The molecule has 7 heteroatoms. The predicted molar refractivity (Wildman–Crippen MR) is 104 cm³/mol. The molecular weight excluding hydrogens is 343 g/mol. The number of hydrogen-bond donors (Lipinski definition) is 5. The van der Waals surface area contributed by atoms with Gasteiger partial charge < -0.3 is 24.9 Å². The highest BCUT2D eigenvalue weighted by atomic mass is 31.2. The monoisotopic (exact) mass is 386 g/mol. The van der Waals surface area contributed by atoms with Gasteiger partial charge in [0.05, 0.1) is 0 Å². The van der Waals surface area contributed by atoms with Gasteiger partial charge in [-0.05, 0) is 12.8 Å². The van der Waals surface area contributed by atoms with Crippen LogP contribution in [0, 0.1) is 0 Å². The molecule has 0 rings (SSSR count). The Morgan fingerprint density at radius 3 is 0.920 bits per heavy atom. The Kier molecular flexibility index (Phi) is 31.3. The first-order chi connectivity index (χ1) is 11.8. The third kappa shape index (κ3) is 59.2. The van der Waals surface area contributed by atoms with Crippen LogP contribution in [0.25, 0.3) is 0 Å². The van der Waals surface area contributed by atoms with Crippen LogP contribution >= 0.6 is 7.82 Å². The topological polar surface area (TPSA) is 118 Å². The van der Waals surface area contributed by atoms with Crippen LogP contribution in [0.15, 0.2) is 0 Å². The standard InChI is InChI=1S/C10H22O.C8H18O.H3O4P/c1-2-3-4-5-6-7-8-9-10-11;1-2-3-4-5-6-7-8-9;1-5(2,3)4/h11H,2-10H2,1H3;9H,2-8H2,1H3;(H3,1,2,3,4). The smallest absolute Gasteiger partial charge is 0.396 e. The van der Waals surface area contributed by atoms with Crippen LogP contribution in [0.3, 0.4) is 0 Å². The molecule has 0 heterocycles. The first-order valence-corrected chi connectivity index (χ1v) is 11.4. The molecule has 0 bridgehead atoms. The van der Waals surface area contributed by atoms with E-state index in [1.807, 2.05) is 0 Å². The second-order valence-electron chi connectivity index (χ2n) is 6.20. The number of unbranched alkanes of at least 4 members (excludes halogenated alkanes) is 12. The van der Waals surface area contributed by atoms with Crippen molar-refractivity contribution in [3.05, 3.63) is 0 Å². The van der Waals surface area contributed by atoms with Gasteiger partial charge >= 0.3 is 7.82 Å². The van der Waals surface area contributed by atoms with Crippen molar-refractivity contribution in [2.24, 2.45) is 0 Å². The van der Waals surface area contributed by atoms with E-state index in [4.69, 9.17) is 29.5 Å². The average Bonchev–Trinajstić information content (AvgIpc) is 2.53. The third-order valence-electron chi connectivity index (χ3n) is 3.52. The van der Waals surface area contributed by atoms with Crippen molar-refractivity contribution < 1.29 is 29.5 Å². The van der Waals surface area contributed by atoms with Gasteiger partial charge in [-0.2, -0.15) is 0 Å². The Labute approximate surface area is 154 Å². The zero-order valence-electron chi connectivity index (χ0n) is 16.4. The molecular formula is C18H43O6P. The zero-order chi connectivity index (χ0) is 19.8. The molecule has 0 aromatic heterocycles. The summed E-state index contributed by atoms with van der Waals surface area (Å²) >= 11 is 0. The van der Waals surface area contributed by atoms with Crippen LogP contribution in [-0.2, 0) is 4.57 Å². The van der Waals surface area contributed by atoms with Gasteiger partial charge in [-0.15, -0.1) is 0 Å².